The van der Waals surface area contributed by atoms with Crippen LogP contribution in [0.4, 0.5) is 10.1 Å². The summed E-state index contributed by atoms with van der Waals surface area (Å²) in [5.41, 5.74) is 5.96. The first-order valence-corrected chi connectivity index (χ1v) is 5.19. The summed E-state index contributed by atoms with van der Waals surface area (Å²) in [6, 6.07) is 6.33. The first-order valence-electron chi connectivity index (χ1n) is 5.19. The van der Waals surface area contributed by atoms with Crippen LogP contribution in [0.2, 0.25) is 0 Å². The third-order valence-corrected chi connectivity index (χ3v) is 2.62. The van der Waals surface area contributed by atoms with Gasteiger partial charge in [0.25, 0.3) is 0 Å². The number of hydrogen-bond acceptors (Lipinski definition) is 3. The number of para-hydroxylation sites is 1. The fourth-order valence-electron chi connectivity index (χ4n) is 1.85. The minimum absolute atomic E-state index is 0.110. The molecule has 0 spiro atoms. The summed E-state index contributed by atoms with van der Waals surface area (Å²) in [5.74, 6) is -0.432. The Balaban J connectivity index is 2.21. The zero-order valence-electron chi connectivity index (χ0n) is 8.82. The fourth-order valence-corrected chi connectivity index (χ4v) is 1.85. The van der Waals surface area contributed by atoms with Crippen molar-refractivity contribution in [2.24, 2.45) is 5.73 Å². The van der Waals surface area contributed by atoms with Crippen molar-refractivity contribution in [1.82, 2.24) is 5.32 Å². The molecule has 1 aliphatic rings. The number of nitrogens with zero attached hydrogens (tertiary/aromatic N) is 1. The van der Waals surface area contributed by atoms with E-state index in [1.165, 1.54) is 6.07 Å². The smallest absolute Gasteiger partial charge is 0.239 e. The molecule has 16 heavy (non-hydrogen) atoms. The second-order valence-corrected chi connectivity index (χ2v) is 3.83. The first kappa shape index (κ1) is 10.9. The Bertz CT molecular complexity index is 397. The molecular formula is C11H14FN3O. The summed E-state index contributed by atoms with van der Waals surface area (Å²) in [5, 5.41) is 2.76. The van der Waals surface area contributed by atoms with Gasteiger partial charge in [0.2, 0.25) is 5.91 Å². The molecule has 5 heteroatoms. The number of piperazine rings is 1. The van der Waals surface area contributed by atoms with E-state index in [0.717, 1.165) is 0 Å². The third-order valence-electron chi connectivity index (χ3n) is 2.62. The van der Waals surface area contributed by atoms with Crippen LogP contribution in [0, 0.1) is 5.82 Å². The van der Waals surface area contributed by atoms with E-state index in [-0.39, 0.29) is 24.3 Å². The van der Waals surface area contributed by atoms with E-state index in [1.54, 1.807) is 23.1 Å². The standard InChI is InChI=1S/C11H14FN3O/c12-9-3-1-2-4-10(9)15-6-8(5-13)14-11(16)7-15/h1-4,8H,5-7,13H2,(H,14,16). The van der Waals surface area contributed by atoms with Gasteiger partial charge in [-0.05, 0) is 12.1 Å². The maximum atomic E-state index is 13.5. The summed E-state index contributed by atoms with van der Waals surface area (Å²) in [7, 11) is 0. The van der Waals surface area contributed by atoms with Crippen molar-refractivity contribution < 1.29 is 9.18 Å². The topological polar surface area (TPSA) is 58.4 Å². The summed E-state index contributed by atoms with van der Waals surface area (Å²) < 4.78 is 13.5. The van der Waals surface area contributed by atoms with Crippen LogP contribution in [0.25, 0.3) is 0 Å². The molecule has 0 radical (unpaired) electrons. The lowest BCUT2D eigenvalue weighted by Gasteiger charge is -2.34. The highest BCUT2D eigenvalue weighted by atomic mass is 19.1. The number of benzene rings is 1. The number of hydrogen-bond donors (Lipinski definition) is 2. The fraction of sp³-hybridized carbons (Fsp3) is 0.364. The average molecular weight is 223 g/mol. The van der Waals surface area contributed by atoms with Crippen LogP contribution in [-0.4, -0.2) is 31.6 Å². The van der Waals surface area contributed by atoms with Gasteiger partial charge in [-0.25, -0.2) is 4.39 Å². The molecule has 1 fully saturated rings. The highest BCUT2D eigenvalue weighted by Gasteiger charge is 2.24. The van der Waals surface area contributed by atoms with Crippen molar-refractivity contribution >= 4 is 11.6 Å². The Hall–Kier alpha value is -1.62. The quantitative estimate of drug-likeness (QED) is 0.747. The van der Waals surface area contributed by atoms with Gasteiger partial charge < -0.3 is 16.0 Å². The summed E-state index contributed by atoms with van der Waals surface area (Å²) in [4.78, 5) is 13.1. The number of carbonyl (C=O) groups is 1. The highest BCUT2D eigenvalue weighted by Crippen LogP contribution is 2.19. The molecule has 1 atom stereocenters. The molecule has 0 aromatic heterocycles. The molecule has 86 valence electrons. The summed E-state index contributed by atoms with van der Waals surface area (Å²) >= 11 is 0. The maximum absolute atomic E-state index is 13.5. The Kier molecular flexibility index (Phi) is 3.05. The number of rotatable bonds is 2. The SMILES string of the molecule is NCC1CN(c2ccccc2F)CC(=O)N1. The van der Waals surface area contributed by atoms with Crippen LogP contribution in [0.15, 0.2) is 24.3 Å². The van der Waals surface area contributed by atoms with Crippen LogP contribution in [-0.2, 0) is 4.79 Å². The van der Waals surface area contributed by atoms with E-state index in [2.05, 4.69) is 5.32 Å². The molecule has 1 amide bonds. The van der Waals surface area contributed by atoms with Crippen molar-refractivity contribution in [3.05, 3.63) is 30.1 Å². The van der Waals surface area contributed by atoms with Gasteiger partial charge in [0.05, 0.1) is 18.3 Å². The van der Waals surface area contributed by atoms with Gasteiger partial charge in [0.1, 0.15) is 5.82 Å². The minimum atomic E-state index is -0.312. The van der Waals surface area contributed by atoms with Crippen molar-refractivity contribution in [3.63, 3.8) is 0 Å². The summed E-state index contributed by atoms with van der Waals surface area (Å²) in [6.45, 7) is 1.08. The van der Waals surface area contributed by atoms with E-state index in [0.29, 0.717) is 18.8 Å². The monoisotopic (exact) mass is 223 g/mol. The molecule has 0 bridgehead atoms. The second-order valence-electron chi connectivity index (χ2n) is 3.83. The Morgan fingerprint density at radius 1 is 1.50 bits per heavy atom. The van der Waals surface area contributed by atoms with Gasteiger partial charge in [-0.15, -0.1) is 0 Å². The van der Waals surface area contributed by atoms with E-state index in [4.69, 9.17) is 5.73 Å². The van der Waals surface area contributed by atoms with E-state index >= 15 is 0 Å². The van der Waals surface area contributed by atoms with Crippen molar-refractivity contribution in [2.75, 3.05) is 24.5 Å². The maximum Gasteiger partial charge on any atom is 0.239 e. The summed E-state index contributed by atoms with van der Waals surface area (Å²) in [6.07, 6.45) is 0. The Morgan fingerprint density at radius 3 is 2.94 bits per heavy atom. The van der Waals surface area contributed by atoms with Gasteiger partial charge in [-0.2, -0.15) is 0 Å². The molecule has 0 aliphatic carbocycles. The van der Waals surface area contributed by atoms with E-state index < -0.39 is 0 Å². The van der Waals surface area contributed by atoms with Crippen LogP contribution in [0.3, 0.4) is 0 Å². The lowest BCUT2D eigenvalue weighted by Crippen LogP contribution is -2.57. The highest BCUT2D eigenvalue weighted by molar-refractivity contribution is 5.83. The number of carbonyl (C=O) groups excluding carboxylic acids is 1. The van der Waals surface area contributed by atoms with Crippen LogP contribution in [0.5, 0.6) is 0 Å². The number of amides is 1. The lowest BCUT2D eigenvalue weighted by molar-refractivity contribution is -0.121. The lowest BCUT2D eigenvalue weighted by atomic mass is 10.1. The van der Waals surface area contributed by atoms with Crippen molar-refractivity contribution in [1.29, 1.82) is 0 Å². The van der Waals surface area contributed by atoms with Gasteiger partial charge in [-0.1, -0.05) is 12.1 Å². The molecule has 0 saturated carbocycles. The molecule has 1 heterocycles. The number of nitrogens with two attached hydrogens (primary N) is 1. The van der Waals surface area contributed by atoms with Gasteiger partial charge >= 0.3 is 0 Å². The number of anilines is 1. The Morgan fingerprint density at radius 2 is 2.25 bits per heavy atom. The largest absolute Gasteiger partial charge is 0.358 e. The molecule has 1 aromatic carbocycles. The predicted molar refractivity (Wildman–Crippen MR) is 59.6 cm³/mol. The van der Waals surface area contributed by atoms with Crippen molar-refractivity contribution in [2.45, 2.75) is 6.04 Å². The van der Waals surface area contributed by atoms with Crippen molar-refractivity contribution in [3.8, 4) is 0 Å². The molecule has 1 unspecified atom stereocenters. The molecule has 2 rings (SSSR count). The predicted octanol–water partition coefficient (Wildman–Crippen LogP) is 0.0892. The molecular weight excluding hydrogens is 209 g/mol. The molecule has 1 aliphatic heterocycles. The normalized spacial score (nSPS) is 20.8. The minimum Gasteiger partial charge on any atom is -0.358 e. The number of nitrogens with one attached hydrogen (secondary N) is 1. The van der Waals surface area contributed by atoms with Crippen LogP contribution >= 0.6 is 0 Å². The second kappa shape index (κ2) is 4.49. The zero-order chi connectivity index (χ0) is 11.5. The molecule has 3 N–H and O–H groups in total. The number of halogens is 1. The van der Waals surface area contributed by atoms with Gasteiger partial charge in [0, 0.05) is 13.1 Å². The van der Waals surface area contributed by atoms with Gasteiger partial charge in [0.15, 0.2) is 0 Å². The first-order chi connectivity index (χ1) is 7.70. The molecule has 1 saturated heterocycles. The van der Waals surface area contributed by atoms with Crippen LogP contribution in [0.1, 0.15) is 0 Å². The third kappa shape index (κ3) is 2.14. The van der Waals surface area contributed by atoms with Gasteiger partial charge in [-0.3, -0.25) is 4.79 Å². The average Bonchev–Trinajstić information content (AvgIpc) is 2.28. The Labute approximate surface area is 93.2 Å². The van der Waals surface area contributed by atoms with Crippen LogP contribution < -0.4 is 16.0 Å². The zero-order valence-corrected chi connectivity index (χ0v) is 8.82. The molecule has 1 aromatic rings. The van der Waals surface area contributed by atoms with E-state index in [1.807, 2.05) is 0 Å². The molecule has 4 nitrogen and oxygen atoms in total. The van der Waals surface area contributed by atoms with E-state index in [9.17, 15) is 9.18 Å².